The van der Waals surface area contributed by atoms with Crippen LogP contribution in [0, 0.1) is 0 Å². The second kappa shape index (κ2) is 6.05. The van der Waals surface area contributed by atoms with Gasteiger partial charge < -0.3 is 10.1 Å². The zero-order chi connectivity index (χ0) is 12.8. The lowest BCUT2D eigenvalue weighted by molar-refractivity contribution is -0.134. The zero-order valence-electron chi connectivity index (χ0n) is 9.44. The van der Waals surface area contributed by atoms with E-state index in [0.717, 1.165) is 0 Å². The number of nitrogens with one attached hydrogen (secondary N) is 1. The van der Waals surface area contributed by atoms with Crippen molar-refractivity contribution in [1.82, 2.24) is 15.1 Å². The van der Waals surface area contributed by atoms with Gasteiger partial charge in [-0.1, -0.05) is 17.7 Å². The molecule has 92 valence electrons. The minimum Gasteiger partial charge on any atom is -0.466 e. The summed E-state index contributed by atoms with van der Waals surface area (Å²) in [5, 5.41) is 6.72. The lowest BCUT2D eigenvalue weighted by atomic mass is 10.4. The number of halogens is 1. The summed E-state index contributed by atoms with van der Waals surface area (Å²) in [6.07, 6.45) is 4.22. The van der Waals surface area contributed by atoms with Crippen LogP contribution in [0.25, 0.3) is 0 Å². The average molecular weight is 258 g/mol. The van der Waals surface area contributed by atoms with Crippen LogP contribution in [0.5, 0.6) is 0 Å². The molecule has 0 aromatic carbocycles. The summed E-state index contributed by atoms with van der Waals surface area (Å²) < 4.78 is 5.84. The Morgan fingerprint density at radius 1 is 1.65 bits per heavy atom. The molecular formula is C10H12ClN3O3. The maximum absolute atomic E-state index is 11.6. The molecule has 0 spiro atoms. The number of aryl methyl sites for hydroxylation is 1. The van der Waals surface area contributed by atoms with Gasteiger partial charge in [0, 0.05) is 25.9 Å². The molecule has 6 nitrogen and oxygen atoms in total. The summed E-state index contributed by atoms with van der Waals surface area (Å²) in [4.78, 5) is 22.3. The van der Waals surface area contributed by atoms with E-state index in [1.807, 2.05) is 0 Å². The number of ether oxygens (including phenoxy) is 1. The van der Waals surface area contributed by atoms with Crippen molar-refractivity contribution in [3.8, 4) is 0 Å². The highest BCUT2D eigenvalue weighted by Gasteiger charge is 2.13. The first kappa shape index (κ1) is 13.2. The number of amides is 1. The Morgan fingerprint density at radius 2 is 2.35 bits per heavy atom. The van der Waals surface area contributed by atoms with Crippen molar-refractivity contribution in [2.75, 3.05) is 13.7 Å². The molecule has 0 atom stereocenters. The van der Waals surface area contributed by atoms with Crippen LogP contribution in [0.15, 0.2) is 18.3 Å². The number of rotatable bonds is 4. The Kier molecular flexibility index (Phi) is 4.71. The van der Waals surface area contributed by atoms with E-state index in [0.29, 0.717) is 0 Å². The summed E-state index contributed by atoms with van der Waals surface area (Å²) in [6.45, 7) is 0.195. The Balaban J connectivity index is 2.48. The minimum absolute atomic E-state index is 0.153. The molecule has 1 rings (SSSR count). The molecule has 0 bridgehead atoms. The largest absolute Gasteiger partial charge is 0.466 e. The smallest absolute Gasteiger partial charge is 0.330 e. The standard InChI is InChI=1S/C10H12ClN3O3/c1-14-6-7(11)9(13-14)10(16)12-5-3-4-8(15)17-2/h3-4,6H,5H2,1-2H3,(H,12,16)/b4-3+. The van der Waals surface area contributed by atoms with E-state index in [1.165, 1.54) is 30.1 Å². The highest BCUT2D eigenvalue weighted by atomic mass is 35.5. The maximum atomic E-state index is 11.6. The molecule has 1 aromatic heterocycles. The van der Waals surface area contributed by atoms with Crippen LogP contribution in [0.1, 0.15) is 10.5 Å². The number of esters is 1. The van der Waals surface area contributed by atoms with Crippen molar-refractivity contribution >= 4 is 23.5 Å². The molecule has 0 aliphatic rings. The molecule has 0 aliphatic heterocycles. The number of hydrogen-bond acceptors (Lipinski definition) is 4. The Bertz CT molecular complexity index is 454. The molecule has 1 aromatic rings. The van der Waals surface area contributed by atoms with Gasteiger partial charge in [-0.25, -0.2) is 4.79 Å². The number of carbonyl (C=O) groups is 2. The molecule has 0 aliphatic carbocycles. The monoisotopic (exact) mass is 257 g/mol. The molecule has 0 fully saturated rings. The highest BCUT2D eigenvalue weighted by Crippen LogP contribution is 2.12. The molecule has 1 N–H and O–H groups in total. The lowest BCUT2D eigenvalue weighted by Crippen LogP contribution is -2.24. The van der Waals surface area contributed by atoms with Crippen LogP contribution in [0.2, 0.25) is 5.02 Å². The number of carbonyl (C=O) groups excluding carboxylic acids is 2. The minimum atomic E-state index is -0.477. The van der Waals surface area contributed by atoms with E-state index < -0.39 is 11.9 Å². The highest BCUT2D eigenvalue weighted by molar-refractivity contribution is 6.33. The van der Waals surface area contributed by atoms with Gasteiger partial charge in [0.25, 0.3) is 5.91 Å². The van der Waals surface area contributed by atoms with E-state index >= 15 is 0 Å². The Morgan fingerprint density at radius 3 is 2.88 bits per heavy atom. The SMILES string of the molecule is COC(=O)/C=C/CNC(=O)c1nn(C)cc1Cl. The van der Waals surface area contributed by atoms with Gasteiger partial charge in [0.15, 0.2) is 5.69 Å². The molecule has 1 heterocycles. The third-order valence-electron chi connectivity index (χ3n) is 1.83. The maximum Gasteiger partial charge on any atom is 0.330 e. The lowest BCUT2D eigenvalue weighted by Gasteiger charge is -1.98. The fourth-order valence-corrected chi connectivity index (χ4v) is 1.34. The fraction of sp³-hybridized carbons (Fsp3) is 0.300. The summed E-state index contributed by atoms with van der Waals surface area (Å²) >= 11 is 5.79. The van der Waals surface area contributed by atoms with Crippen LogP contribution >= 0.6 is 11.6 Å². The quantitative estimate of drug-likeness (QED) is 0.631. The predicted octanol–water partition coefficient (Wildman–Crippen LogP) is 0.532. The van der Waals surface area contributed by atoms with Gasteiger partial charge in [-0.15, -0.1) is 0 Å². The molecular weight excluding hydrogens is 246 g/mol. The molecule has 0 unspecified atom stereocenters. The first-order valence-electron chi connectivity index (χ1n) is 4.76. The van der Waals surface area contributed by atoms with Gasteiger partial charge in [0.05, 0.1) is 12.1 Å². The summed E-state index contributed by atoms with van der Waals surface area (Å²) in [5.74, 6) is -0.875. The number of hydrogen-bond donors (Lipinski definition) is 1. The third-order valence-corrected chi connectivity index (χ3v) is 2.11. The van der Waals surface area contributed by atoms with Crippen LogP contribution in [-0.2, 0) is 16.6 Å². The summed E-state index contributed by atoms with van der Waals surface area (Å²) in [5.41, 5.74) is 0.153. The van der Waals surface area contributed by atoms with Crippen LogP contribution in [-0.4, -0.2) is 35.3 Å². The second-order valence-corrected chi connectivity index (χ2v) is 3.54. The van der Waals surface area contributed by atoms with Gasteiger partial charge in [-0.2, -0.15) is 5.10 Å². The first-order chi connectivity index (χ1) is 8.04. The van der Waals surface area contributed by atoms with E-state index in [1.54, 1.807) is 7.05 Å². The Labute approximate surface area is 103 Å². The Hall–Kier alpha value is -1.82. The van der Waals surface area contributed by atoms with E-state index in [2.05, 4.69) is 15.2 Å². The third kappa shape index (κ3) is 3.92. The van der Waals surface area contributed by atoms with Crippen molar-refractivity contribution in [2.45, 2.75) is 0 Å². The fourth-order valence-electron chi connectivity index (χ4n) is 1.07. The van der Waals surface area contributed by atoms with E-state index in [4.69, 9.17) is 11.6 Å². The van der Waals surface area contributed by atoms with Gasteiger partial charge in [-0.3, -0.25) is 9.48 Å². The first-order valence-corrected chi connectivity index (χ1v) is 5.14. The number of methoxy groups -OCH3 is 1. The average Bonchev–Trinajstić information content (AvgIpc) is 2.63. The van der Waals surface area contributed by atoms with Gasteiger partial charge in [0.1, 0.15) is 0 Å². The summed E-state index contributed by atoms with van der Waals surface area (Å²) in [7, 11) is 2.94. The van der Waals surface area contributed by atoms with E-state index in [-0.39, 0.29) is 17.3 Å². The van der Waals surface area contributed by atoms with Crippen molar-refractivity contribution in [2.24, 2.45) is 7.05 Å². The predicted molar refractivity (Wildman–Crippen MR) is 61.7 cm³/mol. The van der Waals surface area contributed by atoms with Crippen molar-refractivity contribution in [3.63, 3.8) is 0 Å². The molecule has 0 radical (unpaired) electrons. The van der Waals surface area contributed by atoms with Crippen LogP contribution in [0.4, 0.5) is 0 Å². The van der Waals surface area contributed by atoms with Gasteiger partial charge >= 0.3 is 5.97 Å². The van der Waals surface area contributed by atoms with Gasteiger partial charge in [-0.05, 0) is 0 Å². The zero-order valence-corrected chi connectivity index (χ0v) is 10.2. The molecule has 0 saturated carbocycles. The van der Waals surface area contributed by atoms with Crippen molar-refractivity contribution in [1.29, 1.82) is 0 Å². The van der Waals surface area contributed by atoms with E-state index in [9.17, 15) is 9.59 Å². The molecule has 17 heavy (non-hydrogen) atoms. The number of nitrogens with zero attached hydrogens (tertiary/aromatic N) is 2. The van der Waals surface area contributed by atoms with Crippen LogP contribution in [0.3, 0.4) is 0 Å². The second-order valence-electron chi connectivity index (χ2n) is 3.13. The van der Waals surface area contributed by atoms with Crippen LogP contribution < -0.4 is 5.32 Å². The topological polar surface area (TPSA) is 73.2 Å². The number of aromatic nitrogens is 2. The normalized spacial score (nSPS) is 10.5. The molecule has 7 heteroatoms. The van der Waals surface area contributed by atoms with Crippen molar-refractivity contribution in [3.05, 3.63) is 29.1 Å². The van der Waals surface area contributed by atoms with Crippen molar-refractivity contribution < 1.29 is 14.3 Å². The summed E-state index contributed by atoms with van der Waals surface area (Å²) in [6, 6.07) is 0. The van der Waals surface area contributed by atoms with Gasteiger partial charge in [0.2, 0.25) is 0 Å². The molecule has 0 saturated heterocycles. The molecule has 1 amide bonds.